The Balaban J connectivity index is 1.42. The second kappa shape index (κ2) is 9.65. The van der Waals surface area contributed by atoms with Crippen LogP contribution in [-0.4, -0.2) is 33.6 Å². The number of fused-ring (bicyclic) bond motifs is 5. The summed E-state index contributed by atoms with van der Waals surface area (Å²) >= 11 is 0. The molecule has 0 aromatic heterocycles. The second-order valence-corrected chi connectivity index (χ2v) is 13.3. The maximum Gasteiger partial charge on any atom is 0.120 e. The molecule has 1 aromatic carbocycles. The normalized spacial score (nSPS) is 45.9. The Morgan fingerprint density at radius 3 is 2.54 bits per heavy atom. The van der Waals surface area contributed by atoms with Crippen LogP contribution in [0.2, 0.25) is 0 Å². The minimum absolute atomic E-state index is 0.0413. The van der Waals surface area contributed by atoms with Crippen LogP contribution in [0.25, 0.3) is 0 Å². The standard InChI is InChI=1S/C31H49NO3/c1-5-8-19(2)23-13-14-24-22-12-11-21-17-27(34)28(35)29(32-18-20-9-6-7-10-26(20)33)31(21,4)25(22)15-16-30(23,24)3/h6-7,9-10,19,21-25,27-29,32-35H,5,8,11-18H2,1-4H3/t19-,21?,22+,23-,24+,25+,27-,28-,29+,30-,31+/m1/s1. The molecule has 4 fully saturated rings. The minimum Gasteiger partial charge on any atom is -0.508 e. The van der Waals surface area contributed by atoms with E-state index in [2.05, 4.69) is 33.0 Å². The van der Waals surface area contributed by atoms with E-state index in [1.165, 1.54) is 44.9 Å². The molecule has 4 heteroatoms. The smallest absolute Gasteiger partial charge is 0.120 e. The average Bonchev–Trinajstić information content (AvgIpc) is 3.19. The van der Waals surface area contributed by atoms with Crippen LogP contribution in [0, 0.1) is 46.3 Å². The lowest BCUT2D eigenvalue weighted by molar-refractivity contribution is -0.180. The van der Waals surface area contributed by atoms with Crippen LogP contribution in [0.5, 0.6) is 5.75 Å². The summed E-state index contributed by atoms with van der Waals surface area (Å²) in [6, 6.07) is 7.30. The van der Waals surface area contributed by atoms with Crippen molar-refractivity contribution in [1.29, 1.82) is 0 Å². The number of aliphatic hydroxyl groups is 2. The fourth-order valence-electron chi connectivity index (χ4n) is 10.2. The molecule has 0 heterocycles. The predicted molar refractivity (Wildman–Crippen MR) is 141 cm³/mol. The maximum atomic E-state index is 11.3. The summed E-state index contributed by atoms with van der Waals surface area (Å²) in [5.41, 5.74) is 1.28. The first-order chi connectivity index (χ1) is 16.7. The zero-order chi connectivity index (χ0) is 25.0. The number of hydrogen-bond donors (Lipinski definition) is 4. The Morgan fingerprint density at radius 2 is 1.80 bits per heavy atom. The number of phenolic OH excluding ortho intramolecular Hbond substituents is 1. The number of hydrogen-bond acceptors (Lipinski definition) is 4. The zero-order valence-electron chi connectivity index (χ0n) is 22.4. The molecular weight excluding hydrogens is 434 g/mol. The monoisotopic (exact) mass is 483 g/mol. The van der Waals surface area contributed by atoms with E-state index in [4.69, 9.17) is 0 Å². The van der Waals surface area contributed by atoms with E-state index >= 15 is 0 Å². The summed E-state index contributed by atoms with van der Waals surface area (Å²) in [6.45, 7) is 10.4. The molecule has 1 unspecified atom stereocenters. The zero-order valence-corrected chi connectivity index (χ0v) is 22.4. The summed E-state index contributed by atoms with van der Waals surface area (Å²) in [4.78, 5) is 0. The molecule has 0 aliphatic heterocycles. The molecule has 0 radical (unpaired) electrons. The van der Waals surface area contributed by atoms with E-state index in [1.807, 2.05) is 18.2 Å². The van der Waals surface area contributed by atoms with Gasteiger partial charge in [-0.25, -0.2) is 0 Å². The minimum atomic E-state index is -0.768. The molecule has 4 nitrogen and oxygen atoms in total. The van der Waals surface area contributed by atoms with Crippen LogP contribution in [0.1, 0.15) is 91.0 Å². The Morgan fingerprint density at radius 1 is 1.03 bits per heavy atom. The van der Waals surface area contributed by atoms with Crippen LogP contribution >= 0.6 is 0 Å². The lowest BCUT2D eigenvalue weighted by Gasteiger charge is -2.64. The number of para-hydroxylation sites is 1. The van der Waals surface area contributed by atoms with Crippen molar-refractivity contribution < 1.29 is 15.3 Å². The molecule has 0 bridgehead atoms. The van der Waals surface area contributed by atoms with Gasteiger partial charge in [-0.3, -0.25) is 0 Å². The van der Waals surface area contributed by atoms with Gasteiger partial charge in [-0.2, -0.15) is 0 Å². The van der Waals surface area contributed by atoms with Crippen molar-refractivity contribution in [3.05, 3.63) is 29.8 Å². The molecule has 0 amide bonds. The highest BCUT2D eigenvalue weighted by atomic mass is 16.3. The van der Waals surface area contributed by atoms with E-state index in [0.29, 0.717) is 36.0 Å². The molecule has 0 spiro atoms. The van der Waals surface area contributed by atoms with Crippen molar-refractivity contribution >= 4 is 0 Å². The van der Waals surface area contributed by atoms with Crippen molar-refractivity contribution in [1.82, 2.24) is 5.32 Å². The number of rotatable bonds is 6. The van der Waals surface area contributed by atoms with E-state index in [-0.39, 0.29) is 11.5 Å². The first-order valence-corrected chi connectivity index (χ1v) is 14.6. The lowest BCUT2D eigenvalue weighted by Crippen LogP contribution is -2.67. The molecule has 1 aromatic rings. The largest absolute Gasteiger partial charge is 0.508 e. The number of nitrogens with one attached hydrogen (secondary N) is 1. The van der Waals surface area contributed by atoms with E-state index in [1.54, 1.807) is 6.07 Å². The fraction of sp³-hybridized carbons (Fsp3) is 0.806. The third-order valence-corrected chi connectivity index (χ3v) is 11.9. The SMILES string of the molecule is CCC[C@@H](C)[C@H]1CC[C@H]2[C@@H]3CCC4C[C@@H](O)[C@@H](O)[C@H](NCc5ccccc5O)[C@]4(C)[C@H]3CC[C@]12C. The molecular formula is C31H49NO3. The van der Waals surface area contributed by atoms with Gasteiger partial charge < -0.3 is 20.6 Å². The van der Waals surface area contributed by atoms with E-state index < -0.39 is 12.2 Å². The van der Waals surface area contributed by atoms with Crippen LogP contribution in [0.3, 0.4) is 0 Å². The van der Waals surface area contributed by atoms with Gasteiger partial charge in [-0.05, 0) is 97.3 Å². The highest BCUT2D eigenvalue weighted by Crippen LogP contribution is 2.68. The van der Waals surface area contributed by atoms with Gasteiger partial charge in [-0.15, -0.1) is 0 Å². The molecule has 35 heavy (non-hydrogen) atoms. The first-order valence-electron chi connectivity index (χ1n) is 14.6. The molecule has 11 atom stereocenters. The van der Waals surface area contributed by atoms with Gasteiger partial charge in [-0.1, -0.05) is 58.7 Å². The summed E-state index contributed by atoms with van der Waals surface area (Å²) in [7, 11) is 0. The van der Waals surface area contributed by atoms with Gasteiger partial charge in [0.2, 0.25) is 0 Å². The highest BCUT2D eigenvalue weighted by Gasteiger charge is 2.64. The van der Waals surface area contributed by atoms with Crippen molar-refractivity contribution in [2.45, 2.75) is 110 Å². The Bertz CT molecular complexity index is 890. The van der Waals surface area contributed by atoms with Crippen molar-refractivity contribution in [3.8, 4) is 5.75 Å². The quantitative estimate of drug-likeness (QED) is 0.407. The third-order valence-electron chi connectivity index (χ3n) is 11.9. The predicted octanol–water partition coefficient (Wildman–Crippen LogP) is 5.89. The second-order valence-electron chi connectivity index (χ2n) is 13.3. The van der Waals surface area contributed by atoms with Gasteiger partial charge >= 0.3 is 0 Å². The van der Waals surface area contributed by atoms with E-state index in [0.717, 1.165) is 35.7 Å². The molecule has 4 N–H and O–H groups in total. The third kappa shape index (κ3) is 4.07. The van der Waals surface area contributed by atoms with Gasteiger partial charge in [0.15, 0.2) is 0 Å². The Kier molecular flexibility index (Phi) is 7.04. The van der Waals surface area contributed by atoms with Crippen LogP contribution in [0.4, 0.5) is 0 Å². The topological polar surface area (TPSA) is 72.7 Å². The van der Waals surface area contributed by atoms with Crippen LogP contribution in [0.15, 0.2) is 24.3 Å². The van der Waals surface area contributed by atoms with Gasteiger partial charge in [0.05, 0.1) is 12.2 Å². The van der Waals surface area contributed by atoms with Crippen molar-refractivity contribution in [3.63, 3.8) is 0 Å². The number of aromatic hydroxyl groups is 1. The number of phenols is 1. The fourth-order valence-corrected chi connectivity index (χ4v) is 10.2. The highest BCUT2D eigenvalue weighted by molar-refractivity contribution is 5.31. The maximum absolute atomic E-state index is 11.3. The Hall–Kier alpha value is -1.10. The van der Waals surface area contributed by atoms with Crippen molar-refractivity contribution in [2.75, 3.05) is 0 Å². The molecule has 0 saturated heterocycles. The Labute approximate surface area is 212 Å². The molecule has 5 rings (SSSR count). The molecule has 4 saturated carbocycles. The molecule has 196 valence electrons. The first kappa shape index (κ1) is 25.5. The van der Waals surface area contributed by atoms with Crippen LogP contribution < -0.4 is 5.32 Å². The van der Waals surface area contributed by atoms with E-state index in [9.17, 15) is 15.3 Å². The summed E-state index contributed by atoms with van der Waals surface area (Å²) < 4.78 is 0. The number of aliphatic hydroxyl groups excluding tert-OH is 2. The molecule has 4 aliphatic rings. The van der Waals surface area contributed by atoms with Gasteiger partial charge in [0, 0.05) is 18.2 Å². The summed E-state index contributed by atoms with van der Waals surface area (Å²) in [6.07, 6.45) is 9.68. The van der Waals surface area contributed by atoms with Gasteiger partial charge in [0.25, 0.3) is 0 Å². The lowest BCUT2D eigenvalue weighted by atomic mass is 9.43. The van der Waals surface area contributed by atoms with Crippen LogP contribution in [-0.2, 0) is 6.54 Å². The average molecular weight is 484 g/mol. The number of benzene rings is 1. The molecule has 4 aliphatic carbocycles. The van der Waals surface area contributed by atoms with Crippen molar-refractivity contribution in [2.24, 2.45) is 46.3 Å². The summed E-state index contributed by atoms with van der Waals surface area (Å²) in [5.74, 6) is 4.51. The summed E-state index contributed by atoms with van der Waals surface area (Å²) in [5, 5.41) is 36.2. The van der Waals surface area contributed by atoms with Gasteiger partial charge in [0.1, 0.15) is 5.75 Å².